The van der Waals surface area contributed by atoms with Crippen molar-refractivity contribution in [2.45, 2.75) is 64.2 Å². The molecule has 0 atom stereocenters. The van der Waals surface area contributed by atoms with E-state index in [-0.39, 0.29) is 16.6 Å². The number of hydrogen-bond acceptors (Lipinski definition) is 4. The van der Waals surface area contributed by atoms with Crippen molar-refractivity contribution in [2.24, 2.45) is 16.7 Å². The minimum Gasteiger partial charge on any atom is -0.493 e. The van der Waals surface area contributed by atoms with Gasteiger partial charge in [0, 0.05) is 6.61 Å². The molecule has 0 radical (unpaired) electrons. The molecule has 0 N–H and O–H groups in total. The van der Waals surface area contributed by atoms with Gasteiger partial charge in [0.25, 0.3) is 0 Å². The summed E-state index contributed by atoms with van der Waals surface area (Å²) in [4.78, 5) is 0.394. The minimum absolute atomic E-state index is 0.0468. The molecule has 2 fully saturated rings. The molecule has 2 saturated carbocycles. The van der Waals surface area contributed by atoms with Gasteiger partial charge in [0.15, 0.2) is 9.84 Å². The highest BCUT2D eigenvalue weighted by Gasteiger charge is 2.45. The average Bonchev–Trinajstić information content (AvgIpc) is 3.49. The van der Waals surface area contributed by atoms with Crippen molar-refractivity contribution in [1.82, 2.24) is 0 Å². The number of ether oxygens (including phenoxy) is 2. The first-order chi connectivity index (χ1) is 12.7. The molecular weight excluding hydrogens is 360 g/mol. The van der Waals surface area contributed by atoms with Crippen molar-refractivity contribution in [1.29, 1.82) is 0 Å². The maximum Gasteiger partial charge on any atom is 0.179 e. The summed E-state index contributed by atoms with van der Waals surface area (Å²) in [6, 6.07) is 7.03. The Bertz CT molecular complexity index is 725. The summed E-state index contributed by atoms with van der Waals surface area (Å²) in [6.45, 7) is 8.62. The van der Waals surface area contributed by atoms with Crippen molar-refractivity contribution in [3.05, 3.63) is 24.3 Å². The predicted molar refractivity (Wildman–Crippen MR) is 108 cm³/mol. The predicted octanol–water partition coefficient (Wildman–Crippen LogP) is 4.87. The van der Waals surface area contributed by atoms with E-state index >= 15 is 0 Å². The number of benzene rings is 1. The zero-order valence-corrected chi connectivity index (χ0v) is 17.8. The number of rotatable bonds is 11. The van der Waals surface area contributed by atoms with E-state index in [2.05, 4.69) is 20.8 Å². The molecule has 0 spiro atoms. The molecule has 0 saturated heterocycles. The Morgan fingerprint density at radius 1 is 1.19 bits per heavy atom. The van der Waals surface area contributed by atoms with Crippen LogP contribution in [0.5, 0.6) is 5.75 Å². The first-order valence-corrected chi connectivity index (χ1v) is 11.9. The largest absolute Gasteiger partial charge is 0.493 e. The molecule has 152 valence electrons. The molecule has 0 aliphatic heterocycles. The van der Waals surface area contributed by atoms with Gasteiger partial charge in [-0.2, -0.15) is 0 Å². The second-order valence-corrected chi connectivity index (χ2v) is 11.7. The van der Waals surface area contributed by atoms with Gasteiger partial charge in [0.05, 0.1) is 23.9 Å². The van der Waals surface area contributed by atoms with Crippen LogP contribution in [0.15, 0.2) is 29.2 Å². The topological polar surface area (TPSA) is 52.6 Å². The number of sulfone groups is 1. The second kappa shape index (κ2) is 8.12. The van der Waals surface area contributed by atoms with Gasteiger partial charge in [-0.15, -0.1) is 0 Å². The molecule has 0 heterocycles. The van der Waals surface area contributed by atoms with Crippen LogP contribution in [-0.2, 0) is 14.6 Å². The molecule has 1 aromatic carbocycles. The zero-order chi connectivity index (χ0) is 19.5. The Balaban J connectivity index is 1.50. The van der Waals surface area contributed by atoms with Crippen molar-refractivity contribution >= 4 is 9.84 Å². The molecule has 1 aromatic rings. The molecule has 5 heteroatoms. The van der Waals surface area contributed by atoms with Crippen LogP contribution in [0, 0.1) is 16.7 Å². The van der Waals surface area contributed by atoms with Crippen LogP contribution in [0.1, 0.15) is 59.3 Å². The third-order valence-corrected chi connectivity index (χ3v) is 7.30. The van der Waals surface area contributed by atoms with E-state index in [9.17, 15) is 8.42 Å². The van der Waals surface area contributed by atoms with Crippen molar-refractivity contribution in [2.75, 3.05) is 25.6 Å². The highest BCUT2D eigenvalue weighted by molar-refractivity contribution is 7.91. The van der Waals surface area contributed by atoms with E-state index in [1.807, 2.05) is 6.07 Å². The number of hydrogen-bond donors (Lipinski definition) is 0. The quantitative estimate of drug-likeness (QED) is 0.502. The SMILES string of the molecule is CC(C)(C)COCCCC1(CS(=O)(=O)c2cccc(OCC3CC3)c2)CC1. The Morgan fingerprint density at radius 2 is 1.93 bits per heavy atom. The van der Waals surface area contributed by atoms with Crippen LogP contribution in [0.4, 0.5) is 0 Å². The zero-order valence-electron chi connectivity index (χ0n) is 17.0. The highest BCUT2D eigenvalue weighted by atomic mass is 32.2. The second-order valence-electron chi connectivity index (χ2n) is 9.71. The van der Waals surface area contributed by atoms with Crippen LogP contribution in [0.2, 0.25) is 0 Å². The Morgan fingerprint density at radius 3 is 2.56 bits per heavy atom. The fourth-order valence-corrected chi connectivity index (χ4v) is 5.30. The van der Waals surface area contributed by atoms with Gasteiger partial charge < -0.3 is 9.47 Å². The Labute approximate surface area is 164 Å². The van der Waals surface area contributed by atoms with Crippen LogP contribution in [0.3, 0.4) is 0 Å². The lowest BCUT2D eigenvalue weighted by atomic mass is 9.98. The molecule has 2 aliphatic rings. The summed E-state index contributed by atoms with van der Waals surface area (Å²) in [5, 5.41) is 0. The normalized spacial score (nSPS) is 19.1. The lowest BCUT2D eigenvalue weighted by molar-refractivity contribution is 0.0667. The molecule has 2 aliphatic carbocycles. The summed E-state index contributed by atoms with van der Waals surface area (Å²) in [5.41, 5.74) is 0.127. The fraction of sp³-hybridized carbons (Fsp3) is 0.727. The van der Waals surface area contributed by atoms with E-state index in [0.717, 1.165) is 32.3 Å². The molecule has 4 nitrogen and oxygen atoms in total. The summed E-state index contributed by atoms with van der Waals surface area (Å²) in [5.74, 6) is 1.56. The minimum atomic E-state index is -3.29. The van der Waals surface area contributed by atoms with Gasteiger partial charge >= 0.3 is 0 Å². The Kier molecular flexibility index (Phi) is 6.21. The summed E-state index contributed by atoms with van der Waals surface area (Å²) < 4.78 is 37.3. The van der Waals surface area contributed by atoms with Crippen molar-refractivity contribution in [3.63, 3.8) is 0 Å². The first-order valence-electron chi connectivity index (χ1n) is 10.2. The van der Waals surface area contributed by atoms with Gasteiger partial charge in [0.2, 0.25) is 0 Å². The average molecular weight is 395 g/mol. The molecule has 0 amide bonds. The summed E-state index contributed by atoms with van der Waals surface area (Å²) in [7, 11) is -3.29. The third-order valence-electron chi connectivity index (χ3n) is 5.33. The molecule has 0 unspecified atom stereocenters. The van der Waals surface area contributed by atoms with Gasteiger partial charge in [-0.3, -0.25) is 0 Å². The van der Waals surface area contributed by atoms with Crippen LogP contribution in [0.25, 0.3) is 0 Å². The molecular formula is C22H34O4S. The highest BCUT2D eigenvalue weighted by Crippen LogP contribution is 2.51. The van der Waals surface area contributed by atoms with E-state index in [4.69, 9.17) is 9.47 Å². The standard InChI is InChI=1S/C22H34O4S/c1-21(2,3)16-25-13-5-10-22(11-12-22)17-27(23,24)20-7-4-6-19(14-20)26-15-18-8-9-18/h4,6-7,14,18H,5,8-13,15-17H2,1-3H3. The van der Waals surface area contributed by atoms with E-state index < -0.39 is 9.84 Å². The monoisotopic (exact) mass is 394 g/mol. The van der Waals surface area contributed by atoms with Crippen LogP contribution >= 0.6 is 0 Å². The smallest absolute Gasteiger partial charge is 0.179 e. The lowest BCUT2D eigenvalue weighted by Crippen LogP contribution is -2.19. The molecule has 3 rings (SSSR count). The third kappa shape index (κ3) is 6.79. The lowest BCUT2D eigenvalue weighted by Gasteiger charge is -2.19. The van der Waals surface area contributed by atoms with E-state index in [1.165, 1.54) is 12.8 Å². The first kappa shape index (κ1) is 20.7. The van der Waals surface area contributed by atoms with Crippen LogP contribution < -0.4 is 4.74 Å². The van der Waals surface area contributed by atoms with Gasteiger partial charge in [0.1, 0.15) is 5.75 Å². The Hall–Kier alpha value is -1.07. The van der Waals surface area contributed by atoms with Crippen molar-refractivity contribution < 1.29 is 17.9 Å². The van der Waals surface area contributed by atoms with Gasteiger partial charge in [-0.05, 0) is 73.5 Å². The van der Waals surface area contributed by atoms with Crippen molar-refractivity contribution in [3.8, 4) is 5.75 Å². The van der Waals surface area contributed by atoms with Gasteiger partial charge in [-0.25, -0.2) is 8.42 Å². The maximum atomic E-state index is 12.9. The maximum absolute atomic E-state index is 12.9. The van der Waals surface area contributed by atoms with Gasteiger partial charge in [-0.1, -0.05) is 26.8 Å². The summed E-state index contributed by atoms with van der Waals surface area (Å²) >= 11 is 0. The fourth-order valence-electron chi connectivity index (χ4n) is 3.31. The molecule has 27 heavy (non-hydrogen) atoms. The molecule has 0 aromatic heterocycles. The summed E-state index contributed by atoms with van der Waals surface area (Å²) in [6.07, 6.45) is 6.30. The van der Waals surface area contributed by atoms with E-state index in [1.54, 1.807) is 18.2 Å². The van der Waals surface area contributed by atoms with E-state index in [0.29, 0.717) is 29.8 Å². The molecule has 0 bridgehead atoms. The van der Waals surface area contributed by atoms with Crippen LogP contribution in [-0.4, -0.2) is 34.0 Å².